The van der Waals surface area contributed by atoms with Crippen molar-refractivity contribution in [2.24, 2.45) is 5.73 Å². The predicted octanol–water partition coefficient (Wildman–Crippen LogP) is 3.77. The Bertz CT molecular complexity index is 569. The number of thioether (sulfide) groups is 1. The standard InChI is InChI=1S/C15H14F3NS/c16-11-2-1-3-15(8-11)20-9-14(19)6-10-4-12(17)7-13(18)5-10/h1-5,7-8,14H,6,9,19H2. The van der Waals surface area contributed by atoms with Crippen molar-refractivity contribution in [1.29, 1.82) is 0 Å². The highest BCUT2D eigenvalue weighted by Gasteiger charge is 2.08. The zero-order valence-corrected chi connectivity index (χ0v) is 11.5. The van der Waals surface area contributed by atoms with Crippen molar-refractivity contribution in [3.8, 4) is 0 Å². The summed E-state index contributed by atoms with van der Waals surface area (Å²) in [6, 6.07) is 9.35. The van der Waals surface area contributed by atoms with Gasteiger partial charge in [0.1, 0.15) is 17.5 Å². The van der Waals surface area contributed by atoms with Gasteiger partial charge in [0, 0.05) is 22.8 Å². The van der Waals surface area contributed by atoms with E-state index in [0.29, 0.717) is 17.7 Å². The van der Waals surface area contributed by atoms with Crippen molar-refractivity contribution in [3.63, 3.8) is 0 Å². The van der Waals surface area contributed by atoms with Crippen LogP contribution in [0.4, 0.5) is 13.2 Å². The van der Waals surface area contributed by atoms with Crippen LogP contribution in [0.5, 0.6) is 0 Å². The highest BCUT2D eigenvalue weighted by Crippen LogP contribution is 2.20. The van der Waals surface area contributed by atoms with Crippen LogP contribution >= 0.6 is 11.8 Å². The minimum absolute atomic E-state index is 0.260. The lowest BCUT2D eigenvalue weighted by Crippen LogP contribution is -2.25. The third kappa shape index (κ3) is 4.58. The average Bonchev–Trinajstić information content (AvgIpc) is 2.35. The molecular weight excluding hydrogens is 283 g/mol. The molecule has 0 aromatic heterocycles. The molecule has 0 heterocycles. The summed E-state index contributed by atoms with van der Waals surface area (Å²) in [7, 11) is 0. The minimum atomic E-state index is -0.606. The van der Waals surface area contributed by atoms with E-state index in [0.717, 1.165) is 11.0 Å². The molecule has 2 aromatic carbocycles. The number of rotatable bonds is 5. The Kier molecular flexibility index (Phi) is 5.09. The zero-order valence-electron chi connectivity index (χ0n) is 10.7. The number of halogens is 3. The van der Waals surface area contributed by atoms with Crippen molar-refractivity contribution < 1.29 is 13.2 Å². The Balaban J connectivity index is 1.90. The minimum Gasteiger partial charge on any atom is -0.327 e. The van der Waals surface area contributed by atoms with Gasteiger partial charge in [0.2, 0.25) is 0 Å². The van der Waals surface area contributed by atoms with Crippen LogP contribution in [0.1, 0.15) is 5.56 Å². The first kappa shape index (κ1) is 14.9. The topological polar surface area (TPSA) is 26.0 Å². The van der Waals surface area contributed by atoms with E-state index >= 15 is 0 Å². The van der Waals surface area contributed by atoms with Gasteiger partial charge in [-0.1, -0.05) is 6.07 Å². The normalized spacial score (nSPS) is 12.4. The molecule has 0 saturated carbocycles. The molecular formula is C15H14F3NS. The molecule has 0 aliphatic rings. The van der Waals surface area contributed by atoms with Gasteiger partial charge in [-0.2, -0.15) is 0 Å². The summed E-state index contributed by atoms with van der Waals surface area (Å²) in [6.07, 6.45) is 0.372. The molecule has 0 aliphatic heterocycles. The largest absolute Gasteiger partial charge is 0.327 e. The second-order valence-corrected chi connectivity index (χ2v) is 5.60. The maximum atomic E-state index is 13.0. The first-order valence-corrected chi connectivity index (χ1v) is 7.10. The summed E-state index contributed by atoms with van der Waals surface area (Å²) in [6.45, 7) is 0. The first-order valence-electron chi connectivity index (χ1n) is 6.12. The maximum Gasteiger partial charge on any atom is 0.126 e. The summed E-state index contributed by atoms with van der Waals surface area (Å²) < 4.78 is 39.1. The summed E-state index contributed by atoms with van der Waals surface area (Å²) in [5, 5.41) is 0. The smallest absolute Gasteiger partial charge is 0.126 e. The van der Waals surface area contributed by atoms with E-state index in [4.69, 9.17) is 5.73 Å². The van der Waals surface area contributed by atoms with Crippen LogP contribution in [0.3, 0.4) is 0 Å². The Labute approximate surface area is 120 Å². The third-order valence-corrected chi connectivity index (χ3v) is 3.86. The molecule has 0 fully saturated rings. The van der Waals surface area contributed by atoms with Crippen molar-refractivity contribution in [2.75, 3.05) is 5.75 Å². The molecule has 0 amide bonds. The van der Waals surface area contributed by atoms with E-state index in [1.807, 2.05) is 0 Å². The van der Waals surface area contributed by atoms with E-state index in [2.05, 4.69) is 0 Å². The Morgan fingerprint density at radius 1 is 0.950 bits per heavy atom. The van der Waals surface area contributed by atoms with Gasteiger partial charge in [0.25, 0.3) is 0 Å². The summed E-state index contributed by atoms with van der Waals surface area (Å²) in [4.78, 5) is 0.783. The van der Waals surface area contributed by atoms with Crippen LogP contribution in [-0.4, -0.2) is 11.8 Å². The van der Waals surface area contributed by atoms with Crippen molar-refractivity contribution in [2.45, 2.75) is 17.4 Å². The molecule has 0 radical (unpaired) electrons. The van der Waals surface area contributed by atoms with Crippen LogP contribution in [0.2, 0.25) is 0 Å². The molecule has 20 heavy (non-hydrogen) atoms. The molecule has 0 spiro atoms. The molecule has 106 valence electrons. The van der Waals surface area contributed by atoms with Gasteiger partial charge in [-0.3, -0.25) is 0 Å². The zero-order chi connectivity index (χ0) is 14.5. The van der Waals surface area contributed by atoms with Gasteiger partial charge in [0.05, 0.1) is 0 Å². The summed E-state index contributed by atoms with van der Waals surface area (Å²) in [5.74, 6) is -0.965. The van der Waals surface area contributed by atoms with Gasteiger partial charge < -0.3 is 5.73 Å². The van der Waals surface area contributed by atoms with Crippen molar-refractivity contribution in [1.82, 2.24) is 0 Å². The van der Waals surface area contributed by atoms with E-state index in [1.165, 1.54) is 36.0 Å². The van der Waals surface area contributed by atoms with E-state index in [9.17, 15) is 13.2 Å². The van der Waals surface area contributed by atoms with Crippen molar-refractivity contribution >= 4 is 11.8 Å². The maximum absolute atomic E-state index is 13.0. The number of benzene rings is 2. The van der Waals surface area contributed by atoms with Gasteiger partial charge in [-0.05, 0) is 42.3 Å². The lowest BCUT2D eigenvalue weighted by molar-refractivity contribution is 0.577. The number of nitrogens with two attached hydrogens (primary N) is 1. The molecule has 2 aromatic rings. The second-order valence-electron chi connectivity index (χ2n) is 4.51. The van der Waals surface area contributed by atoms with E-state index in [-0.39, 0.29) is 11.9 Å². The fraction of sp³-hybridized carbons (Fsp3) is 0.200. The SMILES string of the molecule is NC(CSc1cccc(F)c1)Cc1cc(F)cc(F)c1. The average molecular weight is 297 g/mol. The fourth-order valence-corrected chi connectivity index (χ4v) is 2.75. The van der Waals surface area contributed by atoms with Crippen molar-refractivity contribution in [3.05, 3.63) is 65.5 Å². The Hall–Kier alpha value is -1.46. The van der Waals surface area contributed by atoms with E-state index < -0.39 is 11.6 Å². The van der Waals surface area contributed by atoms with Crippen LogP contribution in [-0.2, 0) is 6.42 Å². The quantitative estimate of drug-likeness (QED) is 0.850. The summed E-state index contributed by atoms with van der Waals surface area (Å²) in [5.41, 5.74) is 6.46. The number of hydrogen-bond acceptors (Lipinski definition) is 2. The molecule has 1 atom stereocenters. The van der Waals surface area contributed by atoms with Crippen LogP contribution in [0, 0.1) is 17.5 Å². The monoisotopic (exact) mass is 297 g/mol. The molecule has 2 N–H and O–H groups in total. The van der Waals surface area contributed by atoms with Gasteiger partial charge >= 0.3 is 0 Å². The molecule has 0 bridgehead atoms. The van der Waals surface area contributed by atoms with Crippen LogP contribution in [0.15, 0.2) is 47.4 Å². The molecule has 0 aliphatic carbocycles. The summed E-state index contributed by atoms with van der Waals surface area (Å²) >= 11 is 1.42. The van der Waals surface area contributed by atoms with Gasteiger partial charge in [-0.15, -0.1) is 11.8 Å². The molecule has 2 rings (SSSR count). The highest BCUT2D eigenvalue weighted by molar-refractivity contribution is 7.99. The Morgan fingerprint density at radius 2 is 1.65 bits per heavy atom. The van der Waals surface area contributed by atoms with Crippen LogP contribution in [0.25, 0.3) is 0 Å². The molecule has 1 unspecified atom stereocenters. The molecule has 0 saturated heterocycles. The fourth-order valence-electron chi connectivity index (χ4n) is 1.85. The molecule has 5 heteroatoms. The first-order chi connectivity index (χ1) is 9.52. The third-order valence-electron chi connectivity index (χ3n) is 2.68. The van der Waals surface area contributed by atoms with Crippen LogP contribution < -0.4 is 5.73 Å². The lowest BCUT2D eigenvalue weighted by Gasteiger charge is -2.11. The van der Waals surface area contributed by atoms with E-state index in [1.54, 1.807) is 12.1 Å². The molecule has 1 nitrogen and oxygen atoms in total. The highest BCUT2D eigenvalue weighted by atomic mass is 32.2. The van der Waals surface area contributed by atoms with Gasteiger partial charge in [-0.25, -0.2) is 13.2 Å². The predicted molar refractivity (Wildman–Crippen MR) is 75.2 cm³/mol. The Morgan fingerprint density at radius 3 is 2.30 bits per heavy atom. The second kappa shape index (κ2) is 6.81. The number of hydrogen-bond donors (Lipinski definition) is 1. The van der Waals surface area contributed by atoms with Gasteiger partial charge in [0.15, 0.2) is 0 Å². The lowest BCUT2D eigenvalue weighted by atomic mass is 10.1.